The second kappa shape index (κ2) is 9.75. The molecule has 4 aromatic carbocycles. The van der Waals surface area contributed by atoms with Crippen LogP contribution in [0.3, 0.4) is 0 Å². The van der Waals surface area contributed by atoms with Crippen molar-refractivity contribution in [3.8, 4) is 11.5 Å². The molecular weight excluding hydrogens is 507 g/mol. The first-order chi connectivity index (χ1) is 18.5. The molecule has 0 radical (unpaired) electrons. The van der Waals surface area contributed by atoms with Gasteiger partial charge in [-0.15, -0.1) is 0 Å². The first kappa shape index (κ1) is 23.9. The molecule has 1 atom stereocenters. The molecule has 9 heteroatoms. The number of halogens is 1. The third kappa shape index (κ3) is 4.41. The van der Waals surface area contributed by atoms with Crippen LogP contribution in [0.1, 0.15) is 31.8 Å². The van der Waals surface area contributed by atoms with E-state index in [2.05, 4.69) is 5.32 Å². The zero-order chi connectivity index (χ0) is 26.2. The number of nitrogens with zero attached hydrogens (tertiary/aromatic N) is 1. The molecule has 190 valence electrons. The summed E-state index contributed by atoms with van der Waals surface area (Å²) in [5, 5.41) is 2.88. The van der Waals surface area contributed by atoms with Crippen molar-refractivity contribution in [2.24, 2.45) is 0 Å². The molecule has 0 saturated carbocycles. The first-order valence-electron chi connectivity index (χ1n) is 11.9. The van der Waals surface area contributed by atoms with E-state index in [9.17, 15) is 18.2 Å². The van der Waals surface area contributed by atoms with Crippen molar-refractivity contribution in [2.45, 2.75) is 22.9 Å². The van der Waals surface area contributed by atoms with Gasteiger partial charge in [-0.2, -0.15) is 0 Å². The van der Waals surface area contributed by atoms with Crippen molar-refractivity contribution in [1.29, 1.82) is 0 Å². The van der Waals surface area contributed by atoms with Gasteiger partial charge >= 0.3 is 0 Å². The third-order valence-electron chi connectivity index (χ3n) is 6.42. The van der Waals surface area contributed by atoms with Crippen molar-refractivity contribution >= 4 is 28.3 Å². The maximum atomic E-state index is 13.7. The number of fused-ring (bicyclic) bond motifs is 3. The molecule has 1 N–H and O–H groups in total. The topological polar surface area (TPSA) is 84.9 Å². The molecule has 0 aromatic heterocycles. The third-order valence-corrected chi connectivity index (χ3v) is 7.92. The lowest BCUT2D eigenvalue weighted by Crippen LogP contribution is -2.31. The molecule has 38 heavy (non-hydrogen) atoms. The van der Waals surface area contributed by atoms with E-state index in [1.54, 1.807) is 60.7 Å². The highest BCUT2D eigenvalue weighted by Gasteiger charge is 2.31. The Labute approximate surface area is 220 Å². The Morgan fingerprint density at radius 3 is 2.50 bits per heavy atom. The molecule has 0 spiro atoms. The number of ether oxygens (including phenoxy) is 2. The van der Waals surface area contributed by atoms with Gasteiger partial charge in [-0.05, 0) is 65.7 Å². The zero-order valence-corrected chi connectivity index (χ0v) is 20.8. The van der Waals surface area contributed by atoms with Crippen LogP contribution in [0, 0.1) is 5.82 Å². The normalized spacial score (nSPS) is 15.4. The van der Waals surface area contributed by atoms with Gasteiger partial charge in [0.25, 0.3) is 11.8 Å². The monoisotopic (exact) mass is 528 g/mol. The molecule has 0 aliphatic carbocycles. The Kier molecular flexibility index (Phi) is 6.13. The lowest BCUT2D eigenvalue weighted by Gasteiger charge is -2.23. The van der Waals surface area contributed by atoms with E-state index in [0.29, 0.717) is 43.7 Å². The van der Waals surface area contributed by atoms with Gasteiger partial charge in [0.05, 0.1) is 38.4 Å². The maximum absolute atomic E-state index is 13.7. The van der Waals surface area contributed by atoms with Crippen LogP contribution in [-0.2, 0) is 23.9 Å². The predicted octanol–water partition coefficient (Wildman–Crippen LogP) is 4.81. The van der Waals surface area contributed by atoms with Gasteiger partial charge in [0, 0.05) is 12.1 Å². The Balaban J connectivity index is 1.33. The van der Waals surface area contributed by atoms with Crippen LogP contribution in [0.4, 0.5) is 10.1 Å². The Morgan fingerprint density at radius 2 is 1.66 bits per heavy atom. The Morgan fingerprint density at radius 1 is 0.895 bits per heavy atom. The highest BCUT2D eigenvalue weighted by Crippen LogP contribution is 2.36. The summed E-state index contributed by atoms with van der Waals surface area (Å²) < 4.78 is 37.8. The van der Waals surface area contributed by atoms with Gasteiger partial charge in [0.2, 0.25) is 6.79 Å². The van der Waals surface area contributed by atoms with Crippen LogP contribution >= 0.6 is 0 Å². The zero-order valence-electron chi connectivity index (χ0n) is 20.0. The first-order valence-corrected chi connectivity index (χ1v) is 13.0. The molecule has 2 heterocycles. The fourth-order valence-corrected chi connectivity index (χ4v) is 5.81. The molecule has 2 aliphatic rings. The second-order valence-corrected chi connectivity index (χ2v) is 10.3. The van der Waals surface area contributed by atoms with Gasteiger partial charge in [-0.1, -0.05) is 30.3 Å². The van der Waals surface area contributed by atoms with E-state index in [-0.39, 0.29) is 37.5 Å². The fourth-order valence-electron chi connectivity index (χ4n) is 4.47. The van der Waals surface area contributed by atoms with Gasteiger partial charge in [0.15, 0.2) is 11.5 Å². The van der Waals surface area contributed by atoms with Crippen molar-refractivity contribution < 1.29 is 27.7 Å². The lowest BCUT2D eigenvalue weighted by atomic mass is 10.1. The van der Waals surface area contributed by atoms with E-state index in [1.807, 2.05) is 12.1 Å². The van der Waals surface area contributed by atoms with E-state index >= 15 is 0 Å². The fraction of sp³-hybridized carbons (Fsp3) is 0.103. The van der Waals surface area contributed by atoms with Crippen LogP contribution in [-0.4, -0.2) is 22.8 Å². The molecule has 2 aliphatic heterocycles. The van der Waals surface area contributed by atoms with Crippen molar-refractivity contribution in [3.05, 3.63) is 113 Å². The predicted molar refractivity (Wildman–Crippen MR) is 138 cm³/mol. The van der Waals surface area contributed by atoms with Crippen LogP contribution in [0.5, 0.6) is 11.5 Å². The number of rotatable bonds is 5. The van der Waals surface area contributed by atoms with Crippen LogP contribution in [0.15, 0.2) is 94.7 Å². The summed E-state index contributed by atoms with van der Waals surface area (Å²) in [6, 6.07) is 22.8. The van der Waals surface area contributed by atoms with E-state index in [4.69, 9.17) is 9.47 Å². The SMILES string of the molecule is O=C(NCc1ccc2c(c1)OCO2)c1ccc2c(c1)N(Cc1ccc(F)cc1)C(=O)c1ccccc1[S@]2=O. The summed E-state index contributed by atoms with van der Waals surface area (Å²) in [5.74, 6) is 0.191. The highest BCUT2D eigenvalue weighted by molar-refractivity contribution is 7.85. The Bertz CT molecular complexity index is 1610. The van der Waals surface area contributed by atoms with Crippen LogP contribution in [0.2, 0.25) is 0 Å². The molecular formula is C29H21FN2O5S. The summed E-state index contributed by atoms with van der Waals surface area (Å²) in [4.78, 5) is 29.1. The molecule has 6 rings (SSSR count). The van der Waals surface area contributed by atoms with Gasteiger partial charge in [-0.3, -0.25) is 9.59 Å². The number of hydrogen-bond acceptors (Lipinski definition) is 5. The smallest absolute Gasteiger partial charge is 0.259 e. The number of amides is 2. The highest BCUT2D eigenvalue weighted by atomic mass is 32.2. The summed E-state index contributed by atoms with van der Waals surface area (Å²) in [5.41, 5.74) is 2.52. The summed E-state index contributed by atoms with van der Waals surface area (Å²) in [6.07, 6.45) is 0. The average molecular weight is 529 g/mol. The van der Waals surface area contributed by atoms with Gasteiger partial charge in [-0.25, -0.2) is 8.60 Å². The molecule has 0 saturated heterocycles. The molecule has 0 fully saturated rings. The van der Waals surface area contributed by atoms with Crippen molar-refractivity contribution in [1.82, 2.24) is 5.32 Å². The molecule has 2 amide bonds. The average Bonchev–Trinajstić information content (AvgIpc) is 3.40. The Hall–Kier alpha value is -4.50. The summed E-state index contributed by atoms with van der Waals surface area (Å²) in [7, 11) is -1.65. The minimum Gasteiger partial charge on any atom is -0.454 e. The summed E-state index contributed by atoms with van der Waals surface area (Å²) >= 11 is 0. The van der Waals surface area contributed by atoms with Gasteiger partial charge < -0.3 is 19.7 Å². The molecule has 4 aromatic rings. The number of carbonyl (C=O) groups is 2. The standard InChI is InChI=1S/C29H21FN2O5S/c30-21-9-5-18(6-10-21)16-32-23-14-20(28(33)31-15-19-7-11-24-25(13-19)37-17-36-24)8-12-27(23)38(35)26-4-2-1-3-22(26)29(32)34/h1-14H,15-17H2,(H,31,33)/t38-/m1/s1. The number of anilines is 1. The number of benzene rings is 4. The van der Waals surface area contributed by atoms with Gasteiger partial charge in [0.1, 0.15) is 5.82 Å². The number of carbonyl (C=O) groups excluding carboxylic acids is 2. The summed E-state index contributed by atoms with van der Waals surface area (Å²) in [6.45, 7) is 0.528. The largest absolute Gasteiger partial charge is 0.454 e. The van der Waals surface area contributed by atoms with Crippen LogP contribution in [0.25, 0.3) is 0 Å². The molecule has 0 unspecified atom stereocenters. The quantitative estimate of drug-likeness (QED) is 0.402. The van der Waals surface area contributed by atoms with Crippen LogP contribution < -0.4 is 19.7 Å². The van der Waals surface area contributed by atoms with E-state index in [1.165, 1.54) is 17.0 Å². The minimum absolute atomic E-state index is 0.111. The van der Waals surface area contributed by atoms with E-state index < -0.39 is 10.8 Å². The lowest BCUT2D eigenvalue weighted by molar-refractivity contribution is 0.0947. The van der Waals surface area contributed by atoms with E-state index in [0.717, 1.165) is 5.56 Å². The number of hydrogen-bond donors (Lipinski definition) is 1. The minimum atomic E-state index is -1.65. The number of nitrogens with one attached hydrogen (secondary N) is 1. The maximum Gasteiger partial charge on any atom is 0.259 e. The molecule has 0 bridgehead atoms. The van der Waals surface area contributed by atoms with Crippen molar-refractivity contribution in [2.75, 3.05) is 11.7 Å². The second-order valence-electron chi connectivity index (χ2n) is 8.84. The molecule has 7 nitrogen and oxygen atoms in total. The van der Waals surface area contributed by atoms with Crippen molar-refractivity contribution in [3.63, 3.8) is 0 Å².